The van der Waals surface area contributed by atoms with Crippen LogP contribution in [0.2, 0.25) is 0 Å². The van der Waals surface area contributed by atoms with Crippen molar-refractivity contribution in [1.29, 1.82) is 0 Å². The van der Waals surface area contributed by atoms with E-state index in [1.807, 2.05) is 0 Å². The van der Waals surface area contributed by atoms with Crippen molar-refractivity contribution in [3.63, 3.8) is 0 Å². The van der Waals surface area contributed by atoms with E-state index in [0.717, 1.165) is 6.54 Å². The highest BCUT2D eigenvalue weighted by Crippen LogP contribution is 1.91. The smallest absolute Gasteiger partial charge is 0.0970 e. The number of rotatable bonds is 0. The minimum Gasteiger partial charge on any atom is -0.362 e. The number of ether oxygens (including phenoxy) is 1. The summed E-state index contributed by atoms with van der Waals surface area (Å²) in [4.78, 5) is 0. The second-order valence-corrected chi connectivity index (χ2v) is 1.39. The average molecular weight is 86.1 g/mol. The molecule has 1 fully saturated rings. The summed E-state index contributed by atoms with van der Waals surface area (Å²) in [5.41, 5.74) is 0. The SMILES string of the molecule is [CH2]C1CNCO1. The molecule has 1 heterocycles. The Morgan fingerprint density at radius 2 is 2.67 bits per heavy atom. The summed E-state index contributed by atoms with van der Waals surface area (Å²) in [6, 6.07) is 0. The number of hydrogen-bond donors (Lipinski definition) is 1. The van der Waals surface area contributed by atoms with Crippen molar-refractivity contribution in [2.45, 2.75) is 6.10 Å². The molecule has 0 amide bonds. The van der Waals surface area contributed by atoms with Crippen molar-refractivity contribution in [1.82, 2.24) is 5.32 Å². The van der Waals surface area contributed by atoms with E-state index in [2.05, 4.69) is 12.2 Å². The highest BCUT2D eigenvalue weighted by molar-refractivity contribution is 4.66. The molecule has 2 heteroatoms. The van der Waals surface area contributed by atoms with E-state index < -0.39 is 0 Å². The molecule has 1 aliphatic rings. The molecule has 0 aromatic heterocycles. The van der Waals surface area contributed by atoms with Crippen LogP contribution in [-0.2, 0) is 4.74 Å². The van der Waals surface area contributed by atoms with Gasteiger partial charge in [-0.2, -0.15) is 0 Å². The van der Waals surface area contributed by atoms with Crippen LogP contribution in [0.5, 0.6) is 0 Å². The van der Waals surface area contributed by atoms with Gasteiger partial charge in [-0.3, -0.25) is 5.32 Å². The molecule has 1 aliphatic heterocycles. The normalized spacial score (nSPS) is 34.5. The molecule has 1 radical (unpaired) electrons. The predicted octanol–water partition coefficient (Wildman–Crippen LogP) is -0.234. The van der Waals surface area contributed by atoms with E-state index in [1.165, 1.54) is 0 Å². The van der Waals surface area contributed by atoms with Gasteiger partial charge in [0.05, 0.1) is 12.8 Å². The van der Waals surface area contributed by atoms with Gasteiger partial charge < -0.3 is 4.74 Å². The molecular weight excluding hydrogens is 78.0 g/mol. The first-order valence-corrected chi connectivity index (χ1v) is 2.05. The molecule has 6 heavy (non-hydrogen) atoms. The molecule has 35 valence electrons. The van der Waals surface area contributed by atoms with Gasteiger partial charge in [0.25, 0.3) is 0 Å². The molecule has 0 saturated carbocycles. The molecule has 1 unspecified atom stereocenters. The third-order valence-corrected chi connectivity index (χ3v) is 0.793. The van der Waals surface area contributed by atoms with Gasteiger partial charge in [-0.25, -0.2) is 0 Å². The topological polar surface area (TPSA) is 21.3 Å². The third kappa shape index (κ3) is 0.698. The zero-order valence-corrected chi connectivity index (χ0v) is 3.61. The summed E-state index contributed by atoms with van der Waals surface area (Å²) in [5.74, 6) is 0. The monoisotopic (exact) mass is 86.1 g/mol. The summed E-state index contributed by atoms with van der Waals surface area (Å²) in [6.07, 6.45) is 0.185. The summed E-state index contributed by atoms with van der Waals surface area (Å²) < 4.78 is 4.93. The lowest BCUT2D eigenvalue weighted by Crippen LogP contribution is -2.09. The maximum atomic E-state index is 4.93. The Hall–Kier alpha value is -0.0800. The Bertz CT molecular complexity index is 40.8. The maximum Gasteiger partial charge on any atom is 0.0970 e. The molecule has 0 spiro atoms. The van der Waals surface area contributed by atoms with Crippen molar-refractivity contribution < 1.29 is 4.74 Å². The third-order valence-electron chi connectivity index (χ3n) is 0.793. The fourth-order valence-electron chi connectivity index (χ4n) is 0.456. The van der Waals surface area contributed by atoms with Crippen LogP contribution in [0.25, 0.3) is 0 Å². The fourth-order valence-corrected chi connectivity index (χ4v) is 0.456. The Balaban J connectivity index is 2.18. The lowest BCUT2D eigenvalue weighted by Gasteiger charge is -1.92. The van der Waals surface area contributed by atoms with Crippen LogP contribution < -0.4 is 5.32 Å². The zero-order valence-electron chi connectivity index (χ0n) is 3.61. The maximum absolute atomic E-state index is 4.93. The first-order valence-electron chi connectivity index (χ1n) is 2.05. The van der Waals surface area contributed by atoms with Gasteiger partial charge in [0.1, 0.15) is 0 Å². The van der Waals surface area contributed by atoms with Crippen molar-refractivity contribution in [2.75, 3.05) is 13.3 Å². The molecule has 0 bridgehead atoms. The molecule has 1 N–H and O–H groups in total. The van der Waals surface area contributed by atoms with E-state index in [-0.39, 0.29) is 6.10 Å². The van der Waals surface area contributed by atoms with Gasteiger partial charge in [-0.05, 0) is 6.92 Å². The largest absolute Gasteiger partial charge is 0.362 e. The van der Waals surface area contributed by atoms with E-state index in [0.29, 0.717) is 6.73 Å². The predicted molar refractivity (Wildman–Crippen MR) is 23.1 cm³/mol. The van der Waals surface area contributed by atoms with E-state index in [4.69, 9.17) is 4.74 Å². The van der Waals surface area contributed by atoms with E-state index in [1.54, 1.807) is 0 Å². The van der Waals surface area contributed by atoms with Crippen LogP contribution in [0.3, 0.4) is 0 Å². The summed E-state index contributed by atoms with van der Waals surface area (Å²) >= 11 is 0. The molecule has 0 aromatic carbocycles. The molecule has 2 nitrogen and oxygen atoms in total. The standard InChI is InChI=1S/C4H8NO/c1-4-2-5-3-6-4/h4-5H,1-3H2. The van der Waals surface area contributed by atoms with Crippen LogP contribution in [0, 0.1) is 6.92 Å². The van der Waals surface area contributed by atoms with Crippen molar-refractivity contribution in [3.05, 3.63) is 6.92 Å². The van der Waals surface area contributed by atoms with Crippen LogP contribution in [0.4, 0.5) is 0 Å². The Kier molecular flexibility index (Phi) is 1.08. The zero-order chi connectivity index (χ0) is 4.41. The number of hydrogen-bond acceptors (Lipinski definition) is 2. The lowest BCUT2D eigenvalue weighted by atomic mass is 10.4. The molecule has 0 aliphatic carbocycles. The van der Waals surface area contributed by atoms with Gasteiger partial charge in [0.15, 0.2) is 0 Å². The first kappa shape index (κ1) is 4.09. The van der Waals surface area contributed by atoms with Crippen LogP contribution in [0.15, 0.2) is 0 Å². The summed E-state index contributed by atoms with van der Waals surface area (Å²) in [6.45, 7) is 5.23. The fraction of sp³-hybridized carbons (Fsp3) is 0.750. The highest BCUT2D eigenvalue weighted by Gasteiger charge is 2.06. The minimum absolute atomic E-state index is 0.185. The Morgan fingerprint density at radius 1 is 1.83 bits per heavy atom. The summed E-state index contributed by atoms with van der Waals surface area (Å²) in [5, 5.41) is 2.99. The Labute approximate surface area is 37.5 Å². The van der Waals surface area contributed by atoms with Crippen LogP contribution in [-0.4, -0.2) is 19.4 Å². The van der Waals surface area contributed by atoms with Crippen molar-refractivity contribution in [2.24, 2.45) is 0 Å². The van der Waals surface area contributed by atoms with E-state index in [9.17, 15) is 0 Å². The second-order valence-electron chi connectivity index (χ2n) is 1.39. The van der Waals surface area contributed by atoms with Crippen molar-refractivity contribution in [3.8, 4) is 0 Å². The molecular formula is C4H8NO. The molecule has 1 atom stereocenters. The van der Waals surface area contributed by atoms with Gasteiger partial charge in [0, 0.05) is 6.54 Å². The second kappa shape index (κ2) is 1.58. The highest BCUT2D eigenvalue weighted by atomic mass is 16.5. The quantitative estimate of drug-likeness (QED) is 0.439. The Morgan fingerprint density at radius 3 is 2.83 bits per heavy atom. The molecule has 1 saturated heterocycles. The molecule has 1 rings (SSSR count). The van der Waals surface area contributed by atoms with Gasteiger partial charge in [-0.1, -0.05) is 0 Å². The van der Waals surface area contributed by atoms with Crippen LogP contribution >= 0.6 is 0 Å². The van der Waals surface area contributed by atoms with Gasteiger partial charge in [0.2, 0.25) is 0 Å². The van der Waals surface area contributed by atoms with Crippen LogP contribution in [0.1, 0.15) is 0 Å². The molecule has 0 aromatic rings. The van der Waals surface area contributed by atoms with Gasteiger partial charge in [-0.15, -0.1) is 0 Å². The number of nitrogens with one attached hydrogen (secondary N) is 1. The van der Waals surface area contributed by atoms with Gasteiger partial charge >= 0.3 is 0 Å². The summed E-state index contributed by atoms with van der Waals surface area (Å²) in [7, 11) is 0. The van der Waals surface area contributed by atoms with Crippen molar-refractivity contribution >= 4 is 0 Å². The van der Waals surface area contributed by atoms with E-state index >= 15 is 0 Å². The first-order chi connectivity index (χ1) is 2.89. The lowest BCUT2D eigenvalue weighted by molar-refractivity contribution is 0.144. The minimum atomic E-state index is 0.185. The average Bonchev–Trinajstić information content (AvgIpc) is 1.86.